The number of aliphatic carboxylic acids is 1. The fourth-order valence-corrected chi connectivity index (χ4v) is 1.54. The van der Waals surface area contributed by atoms with Crippen LogP contribution in [0.1, 0.15) is 17.2 Å². The van der Waals surface area contributed by atoms with Crippen molar-refractivity contribution in [2.24, 2.45) is 0 Å². The molecular formula is C13H15NO3. The van der Waals surface area contributed by atoms with E-state index < -0.39 is 12.0 Å². The second-order valence-corrected chi connectivity index (χ2v) is 3.53. The number of hydrogen-bond acceptors (Lipinski definition) is 3. The van der Waals surface area contributed by atoms with Crippen LogP contribution in [0, 0.1) is 12.3 Å². The Labute approximate surface area is 101 Å². The second kappa shape index (κ2) is 6.69. The van der Waals surface area contributed by atoms with E-state index in [-0.39, 0.29) is 6.54 Å². The van der Waals surface area contributed by atoms with Gasteiger partial charge in [-0.3, -0.25) is 10.1 Å². The molecule has 1 unspecified atom stereocenters. The van der Waals surface area contributed by atoms with E-state index in [2.05, 4.69) is 11.2 Å². The Morgan fingerprint density at radius 2 is 2.41 bits per heavy atom. The quantitative estimate of drug-likeness (QED) is 0.724. The normalized spacial score (nSPS) is 11.8. The van der Waals surface area contributed by atoms with Crippen molar-refractivity contribution in [2.75, 3.05) is 13.7 Å². The maximum atomic E-state index is 11.1. The van der Waals surface area contributed by atoms with E-state index in [1.165, 1.54) is 0 Å². The Balaban J connectivity index is 2.90. The molecule has 17 heavy (non-hydrogen) atoms. The lowest BCUT2D eigenvalue weighted by Crippen LogP contribution is -2.28. The van der Waals surface area contributed by atoms with Crippen molar-refractivity contribution in [2.45, 2.75) is 12.6 Å². The average Bonchev–Trinajstić information content (AvgIpc) is 2.30. The Morgan fingerprint density at radius 1 is 1.65 bits per heavy atom. The molecule has 1 rings (SSSR count). The van der Waals surface area contributed by atoms with Gasteiger partial charge < -0.3 is 9.84 Å². The smallest absolute Gasteiger partial charge is 0.325 e. The first kappa shape index (κ1) is 13.2. The number of nitrogens with one attached hydrogen (secondary N) is 1. The third-order valence-electron chi connectivity index (χ3n) is 2.25. The summed E-state index contributed by atoms with van der Waals surface area (Å²) in [6.45, 7) is 0.667. The van der Waals surface area contributed by atoms with Gasteiger partial charge >= 0.3 is 5.97 Å². The summed E-state index contributed by atoms with van der Waals surface area (Å²) in [5.74, 6) is 1.41. The topological polar surface area (TPSA) is 58.6 Å². The summed E-state index contributed by atoms with van der Waals surface area (Å²) in [6, 6.07) is 6.44. The van der Waals surface area contributed by atoms with Crippen LogP contribution in [-0.2, 0) is 16.1 Å². The van der Waals surface area contributed by atoms with Crippen LogP contribution in [0.4, 0.5) is 0 Å². The predicted octanol–water partition coefficient (Wildman–Crippen LogP) is 1.18. The first-order valence-corrected chi connectivity index (χ1v) is 5.16. The minimum absolute atomic E-state index is 0.214. The van der Waals surface area contributed by atoms with Gasteiger partial charge in [0.25, 0.3) is 0 Å². The van der Waals surface area contributed by atoms with E-state index in [9.17, 15) is 4.79 Å². The van der Waals surface area contributed by atoms with E-state index in [0.717, 1.165) is 5.56 Å². The van der Waals surface area contributed by atoms with Gasteiger partial charge in [0.1, 0.15) is 6.04 Å². The Bertz CT molecular complexity index is 423. The summed E-state index contributed by atoms with van der Waals surface area (Å²) in [4.78, 5) is 11.1. The summed E-state index contributed by atoms with van der Waals surface area (Å²) in [5.41, 5.74) is 1.60. The van der Waals surface area contributed by atoms with Gasteiger partial charge in [-0.05, 0) is 11.1 Å². The van der Waals surface area contributed by atoms with Gasteiger partial charge in [0.05, 0.1) is 13.2 Å². The molecule has 0 fully saturated rings. The van der Waals surface area contributed by atoms with E-state index in [4.69, 9.17) is 16.3 Å². The standard InChI is InChI=1S/C13H15NO3/c1-3-7-14-12(13(15)16)11-6-4-5-10(8-11)9-17-2/h1,4-6,8,12,14H,7,9H2,2H3,(H,15,16). The van der Waals surface area contributed by atoms with E-state index in [1.54, 1.807) is 25.3 Å². The number of carboxylic acids is 1. The zero-order valence-electron chi connectivity index (χ0n) is 9.64. The van der Waals surface area contributed by atoms with E-state index in [1.807, 2.05) is 6.07 Å². The molecule has 0 aliphatic rings. The molecule has 1 aromatic carbocycles. The Hall–Kier alpha value is -1.83. The number of hydrogen-bond donors (Lipinski definition) is 2. The van der Waals surface area contributed by atoms with Gasteiger partial charge in [0, 0.05) is 7.11 Å². The Kier molecular flexibility index (Phi) is 5.21. The van der Waals surface area contributed by atoms with Crippen LogP contribution in [0.5, 0.6) is 0 Å². The van der Waals surface area contributed by atoms with Crippen LogP contribution in [0.2, 0.25) is 0 Å². The number of terminal acetylenes is 1. The van der Waals surface area contributed by atoms with Crippen molar-refractivity contribution in [3.8, 4) is 12.3 Å². The van der Waals surface area contributed by atoms with Crippen molar-refractivity contribution in [1.82, 2.24) is 5.32 Å². The highest BCUT2D eigenvalue weighted by molar-refractivity contribution is 5.75. The number of ether oxygens (including phenoxy) is 1. The summed E-state index contributed by atoms with van der Waals surface area (Å²) < 4.78 is 5.00. The van der Waals surface area contributed by atoms with Crippen LogP contribution in [0.25, 0.3) is 0 Å². The monoisotopic (exact) mass is 233 g/mol. The number of carboxylic acid groups (broad SMARTS) is 1. The lowest BCUT2D eigenvalue weighted by atomic mass is 10.0. The number of rotatable bonds is 6. The molecule has 0 bridgehead atoms. The molecule has 4 nitrogen and oxygen atoms in total. The molecular weight excluding hydrogens is 218 g/mol. The van der Waals surface area contributed by atoms with Crippen LogP contribution in [0.15, 0.2) is 24.3 Å². The van der Waals surface area contributed by atoms with Crippen molar-refractivity contribution < 1.29 is 14.6 Å². The highest BCUT2D eigenvalue weighted by Gasteiger charge is 2.18. The van der Waals surface area contributed by atoms with Crippen molar-refractivity contribution >= 4 is 5.97 Å². The fourth-order valence-electron chi connectivity index (χ4n) is 1.54. The van der Waals surface area contributed by atoms with Crippen molar-refractivity contribution in [3.05, 3.63) is 35.4 Å². The van der Waals surface area contributed by atoms with E-state index >= 15 is 0 Å². The molecule has 4 heteroatoms. The maximum absolute atomic E-state index is 11.1. The lowest BCUT2D eigenvalue weighted by Gasteiger charge is -2.14. The maximum Gasteiger partial charge on any atom is 0.325 e. The molecule has 0 heterocycles. The van der Waals surface area contributed by atoms with Gasteiger partial charge in [0.2, 0.25) is 0 Å². The molecule has 0 saturated carbocycles. The zero-order chi connectivity index (χ0) is 12.7. The minimum Gasteiger partial charge on any atom is -0.480 e. The number of methoxy groups -OCH3 is 1. The van der Waals surface area contributed by atoms with Crippen LogP contribution in [0.3, 0.4) is 0 Å². The van der Waals surface area contributed by atoms with Crippen LogP contribution < -0.4 is 5.32 Å². The molecule has 90 valence electrons. The highest BCUT2D eigenvalue weighted by Crippen LogP contribution is 2.15. The second-order valence-electron chi connectivity index (χ2n) is 3.53. The lowest BCUT2D eigenvalue weighted by molar-refractivity contribution is -0.139. The molecule has 1 aromatic rings. The third kappa shape index (κ3) is 3.91. The molecule has 0 amide bonds. The summed E-state index contributed by atoms with van der Waals surface area (Å²) in [6.07, 6.45) is 5.11. The number of benzene rings is 1. The molecule has 0 aliphatic heterocycles. The van der Waals surface area contributed by atoms with Gasteiger partial charge in [-0.1, -0.05) is 30.2 Å². The average molecular weight is 233 g/mol. The SMILES string of the molecule is C#CCNC(C(=O)O)c1cccc(COC)c1. The van der Waals surface area contributed by atoms with Gasteiger partial charge in [-0.25, -0.2) is 0 Å². The fraction of sp³-hybridized carbons (Fsp3) is 0.308. The predicted molar refractivity (Wildman–Crippen MR) is 64.4 cm³/mol. The zero-order valence-corrected chi connectivity index (χ0v) is 9.64. The van der Waals surface area contributed by atoms with Crippen LogP contribution >= 0.6 is 0 Å². The summed E-state index contributed by atoms with van der Waals surface area (Å²) in [7, 11) is 1.60. The van der Waals surface area contributed by atoms with E-state index in [0.29, 0.717) is 12.2 Å². The highest BCUT2D eigenvalue weighted by atomic mass is 16.5. The largest absolute Gasteiger partial charge is 0.480 e. The molecule has 2 N–H and O–H groups in total. The first-order valence-electron chi connectivity index (χ1n) is 5.16. The van der Waals surface area contributed by atoms with Gasteiger partial charge in [-0.15, -0.1) is 6.42 Å². The van der Waals surface area contributed by atoms with Gasteiger partial charge in [0.15, 0.2) is 0 Å². The summed E-state index contributed by atoms with van der Waals surface area (Å²) in [5, 5.41) is 11.9. The molecule has 0 saturated heterocycles. The third-order valence-corrected chi connectivity index (χ3v) is 2.25. The van der Waals surface area contributed by atoms with Crippen molar-refractivity contribution in [3.63, 3.8) is 0 Å². The molecule has 1 atom stereocenters. The molecule has 0 aromatic heterocycles. The minimum atomic E-state index is -0.949. The van der Waals surface area contributed by atoms with Crippen molar-refractivity contribution in [1.29, 1.82) is 0 Å². The molecule has 0 spiro atoms. The molecule has 0 aliphatic carbocycles. The molecule has 0 radical (unpaired) electrons. The van der Waals surface area contributed by atoms with Crippen LogP contribution in [-0.4, -0.2) is 24.7 Å². The first-order chi connectivity index (χ1) is 8.19. The summed E-state index contributed by atoms with van der Waals surface area (Å²) >= 11 is 0. The number of carbonyl (C=O) groups is 1. The Morgan fingerprint density at radius 3 is 3.00 bits per heavy atom. The van der Waals surface area contributed by atoms with Gasteiger partial charge in [-0.2, -0.15) is 0 Å².